The summed E-state index contributed by atoms with van der Waals surface area (Å²) in [5.41, 5.74) is 1.62. The minimum absolute atomic E-state index is 0.0285. The van der Waals surface area contributed by atoms with Gasteiger partial charge < -0.3 is 9.64 Å². The molecule has 126 valence electrons. The Bertz CT molecular complexity index is 731. The zero-order chi connectivity index (χ0) is 17.1. The first-order chi connectivity index (χ1) is 11.5. The zero-order valence-electron chi connectivity index (χ0n) is 13.8. The van der Waals surface area contributed by atoms with Gasteiger partial charge in [0.05, 0.1) is 6.54 Å². The number of aryl methyl sites for hydroxylation is 2. The van der Waals surface area contributed by atoms with Gasteiger partial charge in [-0.05, 0) is 67.5 Å². The first kappa shape index (κ1) is 17.1. The Balaban J connectivity index is 1.69. The second-order valence-electron chi connectivity index (χ2n) is 6.04. The number of aromatic nitrogens is 2. The molecule has 2 heterocycles. The van der Waals surface area contributed by atoms with Crippen LogP contribution < -0.4 is 4.74 Å². The molecule has 1 aromatic carbocycles. The fraction of sp³-hybridized carbons (Fsp3) is 0.389. The number of carbonyl (C=O) groups excluding carboxylic acids is 1. The fourth-order valence-electron chi connectivity index (χ4n) is 2.94. The third-order valence-electron chi connectivity index (χ3n) is 3.97. The van der Waals surface area contributed by atoms with Crippen molar-refractivity contribution in [3.8, 4) is 5.88 Å². The molecule has 1 atom stereocenters. The van der Waals surface area contributed by atoms with Gasteiger partial charge in [0.2, 0.25) is 5.88 Å². The number of amides is 1. The number of likely N-dealkylation sites (tertiary alicyclic amines) is 1. The summed E-state index contributed by atoms with van der Waals surface area (Å²) in [4.78, 5) is 23.2. The molecule has 1 amide bonds. The van der Waals surface area contributed by atoms with E-state index in [2.05, 4.69) is 32.6 Å². The molecule has 1 fully saturated rings. The molecule has 6 heteroatoms. The maximum Gasteiger partial charge on any atom is 0.254 e. The van der Waals surface area contributed by atoms with Gasteiger partial charge in [0, 0.05) is 27.4 Å². The minimum Gasteiger partial charge on any atom is -0.472 e. The van der Waals surface area contributed by atoms with Crippen LogP contribution in [0.3, 0.4) is 0 Å². The Kier molecular flexibility index (Phi) is 5.33. The van der Waals surface area contributed by atoms with Crippen molar-refractivity contribution in [2.75, 3.05) is 13.1 Å². The smallest absolute Gasteiger partial charge is 0.254 e. The van der Waals surface area contributed by atoms with Gasteiger partial charge in [-0.1, -0.05) is 6.07 Å². The standard InChI is InChI=1S/C18H20IN3O2/c1-12-9-17(21-13(2)20-12)24-16-7-4-8-22(11-16)18(23)14-5-3-6-15(19)10-14/h3,5-6,9-10,16H,4,7-8,11H2,1-2H3. The lowest BCUT2D eigenvalue weighted by Crippen LogP contribution is -2.44. The molecule has 1 saturated heterocycles. The Labute approximate surface area is 155 Å². The van der Waals surface area contributed by atoms with E-state index in [0.717, 1.165) is 34.2 Å². The third kappa shape index (κ3) is 4.23. The van der Waals surface area contributed by atoms with Crippen molar-refractivity contribution in [3.05, 3.63) is 51.0 Å². The van der Waals surface area contributed by atoms with Crippen molar-refractivity contribution in [3.63, 3.8) is 0 Å². The van der Waals surface area contributed by atoms with E-state index in [0.29, 0.717) is 18.2 Å². The molecule has 1 aliphatic heterocycles. The summed E-state index contributed by atoms with van der Waals surface area (Å²) in [6, 6.07) is 9.53. The molecule has 0 radical (unpaired) electrons. The lowest BCUT2D eigenvalue weighted by molar-refractivity contribution is 0.0526. The van der Waals surface area contributed by atoms with Gasteiger partial charge in [-0.2, -0.15) is 4.98 Å². The average molecular weight is 437 g/mol. The van der Waals surface area contributed by atoms with Gasteiger partial charge in [-0.3, -0.25) is 4.79 Å². The van der Waals surface area contributed by atoms with E-state index in [1.165, 1.54) is 0 Å². The first-order valence-corrected chi connectivity index (χ1v) is 9.13. The monoisotopic (exact) mass is 437 g/mol. The van der Waals surface area contributed by atoms with Gasteiger partial charge in [0.25, 0.3) is 5.91 Å². The van der Waals surface area contributed by atoms with Crippen molar-refractivity contribution < 1.29 is 9.53 Å². The number of ether oxygens (including phenoxy) is 1. The first-order valence-electron chi connectivity index (χ1n) is 8.05. The van der Waals surface area contributed by atoms with E-state index < -0.39 is 0 Å². The second-order valence-corrected chi connectivity index (χ2v) is 7.28. The van der Waals surface area contributed by atoms with E-state index >= 15 is 0 Å². The van der Waals surface area contributed by atoms with E-state index in [1.807, 2.05) is 49.1 Å². The molecule has 0 aliphatic carbocycles. The highest BCUT2D eigenvalue weighted by molar-refractivity contribution is 14.1. The maximum atomic E-state index is 12.7. The predicted octanol–water partition coefficient (Wildman–Crippen LogP) is 3.38. The van der Waals surface area contributed by atoms with Crippen LogP contribution in [0.4, 0.5) is 0 Å². The fourth-order valence-corrected chi connectivity index (χ4v) is 3.48. The van der Waals surface area contributed by atoms with Gasteiger partial charge >= 0.3 is 0 Å². The summed E-state index contributed by atoms with van der Waals surface area (Å²) >= 11 is 2.23. The van der Waals surface area contributed by atoms with Crippen molar-refractivity contribution in [2.45, 2.75) is 32.8 Å². The molecule has 2 aromatic rings. The lowest BCUT2D eigenvalue weighted by Gasteiger charge is -2.32. The van der Waals surface area contributed by atoms with Crippen molar-refractivity contribution in [2.24, 2.45) is 0 Å². The van der Waals surface area contributed by atoms with Crippen molar-refractivity contribution >= 4 is 28.5 Å². The predicted molar refractivity (Wildman–Crippen MR) is 100 cm³/mol. The number of rotatable bonds is 3. The molecule has 3 rings (SSSR count). The Morgan fingerprint density at radius 2 is 2.12 bits per heavy atom. The molecular weight excluding hydrogens is 417 g/mol. The van der Waals surface area contributed by atoms with E-state index in [4.69, 9.17) is 4.74 Å². The van der Waals surface area contributed by atoms with Gasteiger partial charge in [-0.15, -0.1) is 0 Å². The van der Waals surface area contributed by atoms with Gasteiger partial charge in [0.15, 0.2) is 0 Å². The topological polar surface area (TPSA) is 55.3 Å². The Morgan fingerprint density at radius 1 is 1.29 bits per heavy atom. The summed E-state index contributed by atoms with van der Waals surface area (Å²) in [6.07, 6.45) is 1.83. The molecule has 0 N–H and O–H groups in total. The number of hydrogen-bond donors (Lipinski definition) is 0. The van der Waals surface area contributed by atoms with E-state index in [9.17, 15) is 4.79 Å². The van der Waals surface area contributed by atoms with Crippen LogP contribution in [-0.4, -0.2) is 40.0 Å². The number of hydrogen-bond acceptors (Lipinski definition) is 4. The molecule has 1 aromatic heterocycles. The number of nitrogens with zero attached hydrogens (tertiary/aromatic N) is 3. The Morgan fingerprint density at radius 3 is 2.88 bits per heavy atom. The van der Waals surface area contributed by atoms with Crippen LogP contribution in [-0.2, 0) is 0 Å². The Hall–Kier alpha value is -1.70. The highest BCUT2D eigenvalue weighted by Crippen LogP contribution is 2.20. The molecule has 1 unspecified atom stereocenters. The van der Waals surface area contributed by atoms with Crippen LogP contribution in [0.2, 0.25) is 0 Å². The summed E-state index contributed by atoms with van der Waals surface area (Å²) in [6.45, 7) is 5.14. The maximum absolute atomic E-state index is 12.7. The largest absolute Gasteiger partial charge is 0.472 e. The highest BCUT2D eigenvalue weighted by Gasteiger charge is 2.26. The summed E-state index contributed by atoms with van der Waals surface area (Å²) in [5.74, 6) is 1.36. The van der Waals surface area contributed by atoms with Gasteiger partial charge in [-0.25, -0.2) is 4.98 Å². The number of carbonyl (C=O) groups is 1. The average Bonchev–Trinajstić information content (AvgIpc) is 2.53. The minimum atomic E-state index is -0.0285. The zero-order valence-corrected chi connectivity index (χ0v) is 16.0. The number of piperidine rings is 1. The molecular formula is C18H20IN3O2. The quantitative estimate of drug-likeness (QED) is 0.692. The van der Waals surface area contributed by atoms with Crippen molar-refractivity contribution in [1.29, 1.82) is 0 Å². The SMILES string of the molecule is Cc1cc(OC2CCCN(C(=O)c3cccc(I)c3)C2)nc(C)n1. The van der Waals surface area contributed by atoms with Crippen LogP contribution in [0.15, 0.2) is 30.3 Å². The normalized spacial score (nSPS) is 17.6. The lowest BCUT2D eigenvalue weighted by atomic mass is 10.1. The molecule has 0 bridgehead atoms. The molecule has 24 heavy (non-hydrogen) atoms. The number of benzene rings is 1. The van der Waals surface area contributed by atoms with Crippen molar-refractivity contribution in [1.82, 2.24) is 14.9 Å². The van der Waals surface area contributed by atoms with Crippen LogP contribution in [0.1, 0.15) is 34.7 Å². The highest BCUT2D eigenvalue weighted by atomic mass is 127. The van der Waals surface area contributed by atoms with Crippen LogP contribution in [0.25, 0.3) is 0 Å². The molecule has 0 saturated carbocycles. The van der Waals surface area contributed by atoms with Gasteiger partial charge in [0.1, 0.15) is 11.9 Å². The molecule has 5 nitrogen and oxygen atoms in total. The van der Waals surface area contributed by atoms with E-state index in [-0.39, 0.29) is 12.0 Å². The summed E-state index contributed by atoms with van der Waals surface area (Å²) in [7, 11) is 0. The van der Waals surface area contributed by atoms with Crippen LogP contribution in [0, 0.1) is 17.4 Å². The second kappa shape index (κ2) is 7.46. The molecule has 1 aliphatic rings. The summed E-state index contributed by atoms with van der Waals surface area (Å²) in [5, 5.41) is 0. The van der Waals surface area contributed by atoms with Crippen LogP contribution in [0.5, 0.6) is 5.88 Å². The summed E-state index contributed by atoms with van der Waals surface area (Å²) < 4.78 is 7.08. The molecule has 0 spiro atoms. The number of halogens is 1. The van der Waals surface area contributed by atoms with Crippen LogP contribution >= 0.6 is 22.6 Å². The third-order valence-corrected chi connectivity index (χ3v) is 4.64. The van der Waals surface area contributed by atoms with E-state index in [1.54, 1.807) is 0 Å².